The molecule has 0 spiro atoms. The van der Waals surface area contributed by atoms with Crippen molar-refractivity contribution in [3.05, 3.63) is 52.7 Å². The number of rotatable bonds is 3. The highest BCUT2D eigenvalue weighted by Gasteiger charge is 2.15. The maximum absolute atomic E-state index is 13.5. The fourth-order valence-electron chi connectivity index (χ4n) is 1.43. The van der Waals surface area contributed by atoms with E-state index in [1.165, 1.54) is 24.3 Å². The van der Waals surface area contributed by atoms with Crippen molar-refractivity contribution >= 4 is 29.1 Å². The predicted molar refractivity (Wildman–Crippen MR) is 65.8 cm³/mol. The van der Waals surface area contributed by atoms with Gasteiger partial charge < -0.3 is 10.4 Å². The number of carboxylic acids is 1. The van der Waals surface area contributed by atoms with Gasteiger partial charge in [-0.3, -0.25) is 0 Å². The molecule has 4 nitrogen and oxygen atoms in total. The van der Waals surface area contributed by atoms with E-state index >= 15 is 0 Å². The van der Waals surface area contributed by atoms with Crippen LogP contribution in [0.2, 0.25) is 5.15 Å². The second-order valence-corrected chi connectivity index (χ2v) is 3.95. The summed E-state index contributed by atoms with van der Waals surface area (Å²) in [6.07, 6.45) is 0. The van der Waals surface area contributed by atoms with Gasteiger partial charge in [0.1, 0.15) is 16.5 Å². The zero-order valence-corrected chi connectivity index (χ0v) is 10.1. The first-order chi connectivity index (χ1) is 8.99. The summed E-state index contributed by atoms with van der Waals surface area (Å²) < 4.78 is 26.5. The van der Waals surface area contributed by atoms with Crippen molar-refractivity contribution in [2.75, 3.05) is 5.32 Å². The fourth-order valence-corrected chi connectivity index (χ4v) is 1.58. The number of halogens is 3. The topological polar surface area (TPSA) is 62.2 Å². The molecule has 1 aromatic carbocycles. The van der Waals surface area contributed by atoms with Gasteiger partial charge in [-0.25, -0.2) is 18.6 Å². The molecule has 0 amide bonds. The summed E-state index contributed by atoms with van der Waals surface area (Å²) in [6.45, 7) is 0. The van der Waals surface area contributed by atoms with Crippen LogP contribution in [0.3, 0.4) is 0 Å². The molecule has 0 aliphatic heterocycles. The van der Waals surface area contributed by atoms with E-state index < -0.39 is 17.6 Å². The normalized spacial score (nSPS) is 10.3. The number of pyridine rings is 1. The number of carbonyl (C=O) groups is 1. The van der Waals surface area contributed by atoms with Crippen molar-refractivity contribution in [3.8, 4) is 0 Å². The molecular formula is C12H7ClF2N2O2. The second-order valence-electron chi connectivity index (χ2n) is 3.56. The number of aromatic nitrogens is 1. The number of benzene rings is 1. The van der Waals surface area contributed by atoms with Crippen LogP contribution in [-0.2, 0) is 0 Å². The number of anilines is 2. The van der Waals surface area contributed by atoms with Gasteiger partial charge in [-0.2, -0.15) is 0 Å². The molecule has 19 heavy (non-hydrogen) atoms. The van der Waals surface area contributed by atoms with Crippen molar-refractivity contribution in [3.63, 3.8) is 0 Å². The quantitative estimate of drug-likeness (QED) is 0.847. The summed E-state index contributed by atoms with van der Waals surface area (Å²) in [5.74, 6) is -3.60. The van der Waals surface area contributed by atoms with Crippen molar-refractivity contribution < 1.29 is 18.7 Å². The lowest BCUT2D eigenvalue weighted by Crippen LogP contribution is -2.06. The van der Waals surface area contributed by atoms with Gasteiger partial charge in [0, 0.05) is 0 Å². The lowest BCUT2D eigenvalue weighted by atomic mass is 10.2. The Morgan fingerprint density at radius 2 is 2.00 bits per heavy atom. The fraction of sp³-hybridized carbons (Fsp3) is 0. The molecule has 1 heterocycles. The van der Waals surface area contributed by atoms with Crippen LogP contribution in [0.25, 0.3) is 0 Å². The van der Waals surface area contributed by atoms with E-state index in [9.17, 15) is 13.6 Å². The number of hydrogen-bond acceptors (Lipinski definition) is 3. The van der Waals surface area contributed by atoms with Gasteiger partial charge >= 0.3 is 5.97 Å². The Morgan fingerprint density at radius 3 is 2.68 bits per heavy atom. The molecule has 0 aliphatic rings. The minimum Gasteiger partial charge on any atom is -0.478 e. The molecular weight excluding hydrogens is 278 g/mol. The highest BCUT2D eigenvalue weighted by molar-refractivity contribution is 6.29. The molecule has 0 unspecified atom stereocenters. The largest absolute Gasteiger partial charge is 0.478 e. The molecule has 2 N–H and O–H groups in total. The highest BCUT2D eigenvalue weighted by atomic mass is 35.5. The molecule has 7 heteroatoms. The van der Waals surface area contributed by atoms with Crippen LogP contribution in [0, 0.1) is 11.6 Å². The zero-order valence-electron chi connectivity index (χ0n) is 9.32. The van der Waals surface area contributed by atoms with Crippen molar-refractivity contribution in [2.45, 2.75) is 0 Å². The Kier molecular flexibility index (Phi) is 3.62. The smallest absolute Gasteiger partial charge is 0.339 e. The van der Waals surface area contributed by atoms with E-state index in [4.69, 9.17) is 16.7 Å². The Hall–Kier alpha value is -2.21. The van der Waals surface area contributed by atoms with Crippen LogP contribution in [0.15, 0.2) is 30.3 Å². The number of carboxylic acid groups (broad SMARTS) is 1. The lowest BCUT2D eigenvalue weighted by Gasteiger charge is -2.09. The van der Waals surface area contributed by atoms with E-state index in [2.05, 4.69) is 10.3 Å². The van der Waals surface area contributed by atoms with Crippen LogP contribution in [0.4, 0.5) is 20.3 Å². The molecule has 0 saturated carbocycles. The Labute approximate surface area is 111 Å². The molecule has 1 aromatic heterocycles. The van der Waals surface area contributed by atoms with E-state index in [-0.39, 0.29) is 22.2 Å². The SMILES string of the molecule is O=C(O)c1ccc(Cl)nc1Nc1cccc(F)c1F. The first-order valence-corrected chi connectivity index (χ1v) is 5.47. The number of nitrogens with zero attached hydrogens (tertiary/aromatic N) is 1. The van der Waals surface area contributed by atoms with Crippen LogP contribution >= 0.6 is 11.6 Å². The van der Waals surface area contributed by atoms with E-state index in [0.29, 0.717) is 0 Å². The van der Waals surface area contributed by atoms with Gasteiger partial charge in [0.25, 0.3) is 0 Å². The summed E-state index contributed by atoms with van der Waals surface area (Å²) in [4.78, 5) is 14.7. The summed E-state index contributed by atoms with van der Waals surface area (Å²) in [5, 5.41) is 11.4. The molecule has 0 atom stereocenters. The van der Waals surface area contributed by atoms with Gasteiger partial charge in [-0.15, -0.1) is 0 Å². The van der Waals surface area contributed by atoms with Crippen molar-refractivity contribution in [2.24, 2.45) is 0 Å². The van der Waals surface area contributed by atoms with Crippen LogP contribution in [0.5, 0.6) is 0 Å². The van der Waals surface area contributed by atoms with Crippen molar-refractivity contribution in [1.82, 2.24) is 4.98 Å². The monoisotopic (exact) mass is 284 g/mol. The van der Waals surface area contributed by atoms with E-state index in [0.717, 1.165) is 6.07 Å². The summed E-state index contributed by atoms with van der Waals surface area (Å²) in [5.41, 5.74) is -0.426. The minimum atomic E-state index is -1.26. The second kappa shape index (κ2) is 5.19. The van der Waals surface area contributed by atoms with Gasteiger partial charge in [0.05, 0.1) is 5.69 Å². The minimum absolute atomic E-state index is 0.0318. The summed E-state index contributed by atoms with van der Waals surface area (Å²) in [6, 6.07) is 6.00. The maximum Gasteiger partial charge on any atom is 0.339 e. The molecule has 0 aliphatic carbocycles. The third-order valence-corrected chi connectivity index (χ3v) is 2.51. The number of nitrogens with one attached hydrogen (secondary N) is 1. The Balaban J connectivity index is 2.45. The van der Waals surface area contributed by atoms with Crippen LogP contribution < -0.4 is 5.32 Å². The van der Waals surface area contributed by atoms with Gasteiger partial charge in [0.15, 0.2) is 11.6 Å². The molecule has 0 bridgehead atoms. The predicted octanol–water partition coefficient (Wildman–Crippen LogP) is 3.46. The first-order valence-electron chi connectivity index (χ1n) is 5.10. The molecule has 2 rings (SSSR count). The lowest BCUT2D eigenvalue weighted by molar-refractivity contribution is 0.0697. The van der Waals surface area contributed by atoms with E-state index in [1.54, 1.807) is 0 Å². The van der Waals surface area contributed by atoms with Gasteiger partial charge in [0.2, 0.25) is 0 Å². The zero-order chi connectivity index (χ0) is 14.0. The maximum atomic E-state index is 13.5. The standard InChI is InChI=1S/C12H7ClF2N2O2/c13-9-5-4-6(12(18)19)11(17-9)16-8-3-1-2-7(14)10(8)15/h1-5H,(H,16,17)(H,18,19). The first kappa shape index (κ1) is 13.2. The highest BCUT2D eigenvalue weighted by Crippen LogP contribution is 2.24. The average molecular weight is 285 g/mol. The summed E-state index contributed by atoms with van der Waals surface area (Å²) >= 11 is 5.65. The number of aromatic carboxylic acids is 1. The Morgan fingerprint density at radius 1 is 1.26 bits per heavy atom. The van der Waals surface area contributed by atoms with Crippen LogP contribution in [0.1, 0.15) is 10.4 Å². The van der Waals surface area contributed by atoms with Gasteiger partial charge in [-0.05, 0) is 24.3 Å². The molecule has 2 aromatic rings. The number of hydrogen-bond donors (Lipinski definition) is 2. The van der Waals surface area contributed by atoms with E-state index in [1.807, 2.05) is 0 Å². The molecule has 0 radical (unpaired) electrons. The van der Waals surface area contributed by atoms with Gasteiger partial charge in [-0.1, -0.05) is 17.7 Å². The summed E-state index contributed by atoms with van der Waals surface area (Å²) in [7, 11) is 0. The Bertz CT molecular complexity index is 650. The molecule has 98 valence electrons. The third-order valence-electron chi connectivity index (χ3n) is 2.30. The van der Waals surface area contributed by atoms with Crippen molar-refractivity contribution in [1.29, 1.82) is 0 Å². The van der Waals surface area contributed by atoms with Crippen LogP contribution in [-0.4, -0.2) is 16.1 Å². The third kappa shape index (κ3) is 2.79. The molecule has 0 fully saturated rings. The molecule has 0 saturated heterocycles. The average Bonchev–Trinajstić information content (AvgIpc) is 2.35.